The molecule has 1 saturated carbocycles. The molecule has 2 aliphatic carbocycles. The van der Waals surface area contributed by atoms with Crippen LogP contribution >= 0.6 is 0 Å². The van der Waals surface area contributed by atoms with Crippen molar-refractivity contribution in [1.29, 1.82) is 0 Å². The molecule has 2 aliphatic rings. The molecular weight excluding hydrogens is 1690 g/mol. The summed E-state index contributed by atoms with van der Waals surface area (Å²) in [5.41, 5.74) is 0.773. The fraction of sp³-hybridized carbons (Fsp3) is 0.585. The lowest BCUT2D eigenvalue weighted by atomic mass is 9.81. The second-order valence-electron chi connectivity index (χ2n) is 29.7. The number of hydrogen-bond donors (Lipinski definition) is 22. The monoisotopic (exact) mass is 1810 g/mol. The van der Waals surface area contributed by atoms with Gasteiger partial charge in [0.15, 0.2) is 0 Å². The van der Waals surface area contributed by atoms with Gasteiger partial charge in [-0.25, -0.2) is 33.6 Å². The van der Waals surface area contributed by atoms with Crippen molar-refractivity contribution < 1.29 is 192 Å². The van der Waals surface area contributed by atoms with Crippen LogP contribution in [0.15, 0.2) is 72.8 Å². The summed E-state index contributed by atoms with van der Waals surface area (Å²) >= 11 is 0. The smallest absolute Gasteiger partial charge is 0.408 e. The number of aliphatic hydroxyl groups is 2. The van der Waals surface area contributed by atoms with Crippen LogP contribution in [0.1, 0.15) is 226 Å². The summed E-state index contributed by atoms with van der Waals surface area (Å²) in [6.45, 7) is 7.34. The molecule has 9 atom stereocenters. The van der Waals surface area contributed by atoms with Crippen molar-refractivity contribution in [3.05, 3.63) is 83.9 Å². The van der Waals surface area contributed by atoms with Crippen LogP contribution in [-0.4, -0.2) is 250 Å². The lowest BCUT2D eigenvalue weighted by molar-refractivity contribution is -0.216. The van der Waals surface area contributed by atoms with Gasteiger partial charge < -0.3 is 128 Å². The standard InChI is InChI=1S/C22H42O4.2C15H18N2O7.C11H18N2O7.C8H12O4.C8H10O4.C3H4O6/c1-2-3-4-5-6-7-8-9-10-11-12-13-14-15-16-17-18-20(22(25)26)19-21(23)24;1-9(13(20)17-11(14(21)22)7-12(18)19)16-15(23)24-8-10-5-3-2-4-6-10;18-12(19)7-6-11(14(22)16-8-13(20)21)17-15(23)24-9-10-4-2-1-3-5-10;1-11(2,3)20-10(19)12-5-7(14)13-6(9(17)18)4-8(15)16;9-7(10)5-2-1-3-6(4-5)8(11)12;9-7(10)5-3-1-2-4-6(5)8(11)12;4-1(5)3(8,9)2(6)7/h20H,2-19H2,1H3,(H,23,24)(H,25,26);2-6,9,11H,7-8H2,1H3,(H,16,23)(H,17,20)(H,18,19)(H,21,22);1-5,11H,6-9H2,(H,16,22)(H,17,23)(H,18,19)(H,20,21);6H,4-5H2,1-3H3,(H,12,19)(H,13,14)(H,15,16)(H,17,18);5-6H,1-4H2,(H,9,10)(H,11,12);1-2,5-6H,3-4H2,(H,9,10)(H,11,12);8-9H,(H,4,5)(H,6,7)/t;9-,11-;11-;6-;;5-,6+;/m.000.../s1. The van der Waals surface area contributed by atoms with Gasteiger partial charge in [0.1, 0.15) is 56.1 Å². The second kappa shape index (κ2) is 67.3. The van der Waals surface area contributed by atoms with Crippen LogP contribution in [-0.2, 0) is 109 Å². The number of nitrogens with one attached hydrogen (secondary N) is 6. The number of ether oxygens (including phenoxy) is 3. The highest BCUT2D eigenvalue weighted by atomic mass is 16.6. The van der Waals surface area contributed by atoms with E-state index in [9.17, 15) is 95.9 Å². The average Bonchev–Trinajstić information content (AvgIpc) is 0.887. The molecule has 0 aliphatic heterocycles. The quantitative estimate of drug-likeness (QED) is 0.0109. The maximum Gasteiger partial charge on any atom is 0.408 e. The Morgan fingerprint density at radius 1 is 0.409 bits per heavy atom. The number of unbranched alkanes of at least 4 members (excludes halogenated alkanes) is 15. The van der Waals surface area contributed by atoms with Gasteiger partial charge in [0.05, 0.1) is 48.9 Å². The van der Waals surface area contributed by atoms with Crippen molar-refractivity contribution in [2.24, 2.45) is 29.6 Å². The fourth-order valence-electron chi connectivity index (χ4n) is 11.0. The zero-order valence-electron chi connectivity index (χ0n) is 71.3. The number of carbonyl (C=O) groups is 20. The summed E-state index contributed by atoms with van der Waals surface area (Å²) in [5.74, 6) is -27.5. The number of allylic oxidation sites excluding steroid dienone is 2. The number of carboxylic acids is 14. The van der Waals surface area contributed by atoms with Crippen molar-refractivity contribution >= 4 is 120 Å². The van der Waals surface area contributed by atoms with Crippen LogP contribution in [0.3, 0.4) is 0 Å². The molecule has 2 aromatic carbocycles. The van der Waals surface area contributed by atoms with E-state index in [-0.39, 0.29) is 32.5 Å². The van der Waals surface area contributed by atoms with E-state index in [1.807, 2.05) is 16.7 Å². The third-order valence-electron chi connectivity index (χ3n) is 17.8. The van der Waals surface area contributed by atoms with Crippen molar-refractivity contribution in [1.82, 2.24) is 31.9 Å². The zero-order chi connectivity index (χ0) is 97.4. The Morgan fingerprint density at radius 3 is 1.14 bits per heavy atom. The molecule has 0 aromatic heterocycles. The van der Waals surface area contributed by atoms with E-state index in [1.54, 1.807) is 87.5 Å². The van der Waals surface area contributed by atoms with Gasteiger partial charge in [0, 0.05) is 6.42 Å². The number of rotatable bonds is 49. The van der Waals surface area contributed by atoms with Crippen LogP contribution < -0.4 is 31.9 Å². The van der Waals surface area contributed by atoms with Gasteiger partial charge in [-0.3, -0.25) is 62.3 Å². The topological polar surface area (TPSA) is 765 Å². The molecule has 1 fully saturated rings. The largest absolute Gasteiger partial charge is 0.481 e. The zero-order valence-corrected chi connectivity index (χ0v) is 71.3. The van der Waals surface area contributed by atoms with E-state index >= 15 is 0 Å². The third kappa shape index (κ3) is 63.5. The maximum absolute atomic E-state index is 11.8. The van der Waals surface area contributed by atoms with E-state index in [2.05, 4.69) is 28.2 Å². The highest BCUT2D eigenvalue weighted by molar-refractivity contribution is 5.99. The van der Waals surface area contributed by atoms with Gasteiger partial charge in [-0.05, 0) is 83.8 Å². The molecule has 0 heterocycles. The number of hydrogen-bond acceptors (Lipinski definition) is 25. The van der Waals surface area contributed by atoms with Crippen molar-refractivity contribution in [2.45, 2.75) is 263 Å². The van der Waals surface area contributed by atoms with Crippen LogP contribution in [0.25, 0.3) is 0 Å². The van der Waals surface area contributed by atoms with Crippen LogP contribution in [0.2, 0.25) is 0 Å². The second-order valence-corrected chi connectivity index (χ2v) is 29.7. The normalized spacial score (nSPS) is 15.1. The molecule has 714 valence electrons. The van der Waals surface area contributed by atoms with Gasteiger partial charge in [0.25, 0.3) is 0 Å². The van der Waals surface area contributed by atoms with Gasteiger partial charge in [-0.15, -0.1) is 0 Å². The van der Waals surface area contributed by atoms with Gasteiger partial charge >= 0.3 is 108 Å². The van der Waals surface area contributed by atoms with E-state index in [0.29, 0.717) is 44.9 Å². The van der Waals surface area contributed by atoms with Crippen LogP contribution in [0.4, 0.5) is 14.4 Å². The molecule has 127 heavy (non-hydrogen) atoms. The Hall–Kier alpha value is -13.1. The lowest BCUT2D eigenvalue weighted by Crippen LogP contribution is -2.51. The summed E-state index contributed by atoms with van der Waals surface area (Å²) < 4.78 is 14.7. The Kier molecular flexibility index (Phi) is 62.6. The number of aliphatic carboxylic acids is 14. The highest BCUT2D eigenvalue weighted by Gasteiger charge is 2.43. The minimum Gasteiger partial charge on any atom is -0.481 e. The van der Waals surface area contributed by atoms with Crippen molar-refractivity contribution in [2.75, 3.05) is 13.1 Å². The summed E-state index contributed by atoms with van der Waals surface area (Å²) in [6, 6.07) is 12.3. The average molecular weight is 1820 g/mol. The van der Waals surface area contributed by atoms with Crippen LogP contribution in [0, 0.1) is 29.6 Å². The van der Waals surface area contributed by atoms with Crippen LogP contribution in [0.5, 0.6) is 0 Å². The molecule has 0 bridgehead atoms. The summed E-state index contributed by atoms with van der Waals surface area (Å²) in [7, 11) is 0. The number of carboxylic acid groups (broad SMARTS) is 14. The molecule has 3 unspecified atom stereocenters. The third-order valence-corrected chi connectivity index (χ3v) is 17.8. The number of benzene rings is 2. The molecule has 0 spiro atoms. The first kappa shape index (κ1) is 118. The molecule has 2 aromatic rings. The Bertz CT molecular complexity index is 3770. The van der Waals surface area contributed by atoms with Gasteiger partial charge in [0.2, 0.25) is 17.7 Å². The summed E-state index contributed by atoms with van der Waals surface area (Å²) in [6.07, 6.45) is 22.5. The lowest BCUT2D eigenvalue weighted by Gasteiger charge is -2.23. The first-order chi connectivity index (χ1) is 59.4. The molecule has 0 saturated heterocycles. The first-order valence-corrected chi connectivity index (χ1v) is 40.4. The van der Waals surface area contributed by atoms with Crippen molar-refractivity contribution in [3.8, 4) is 0 Å². The maximum atomic E-state index is 11.8. The van der Waals surface area contributed by atoms with E-state index in [4.69, 9.17) is 95.9 Å². The summed E-state index contributed by atoms with van der Waals surface area (Å²) in [4.78, 5) is 216. The minimum atomic E-state index is -3.67. The van der Waals surface area contributed by atoms with E-state index in [0.717, 1.165) is 30.4 Å². The molecule has 0 radical (unpaired) electrons. The predicted octanol–water partition coefficient (Wildman–Crippen LogP) is 6.60. The van der Waals surface area contributed by atoms with Gasteiger partial charge in [-0.1, -0.05) is 189 Å². The van der Waals surface area contributed by atoms with Crippen molar-refractivity contribution in [3.63, 3.8) is 0 Å². The molecule has 22 N–H and O–H groups in total. The number of carbonyl (C=O) groups excluding carboxylic acids is 6. The fourth-order valence-corrected chi connectivity index (χ4v) is 11.0. The number of amides is 6. The molecular formula is C82H122N6O39. The molecule has 45 nitrogen and oxygen atoms in total. The molecule has 6 amide bonds. The first-order valence-electron chi connectivity index (χ1n) is 40.4. The Labute approximate surface area is 730 Å². The van der Waals surface area contributed by atoms with Gasteiger partial charge in [-0.2, -0.15) is 0 Å². The van der Waals surface area contributed by atoms with E-state index in [1.165, 1.54) is 90.4 Å². The van der Waals surface area contributed by atoms with E-state index < -0.39 is 211 Å². The Morgan fingerprint density at radius 2 is 0.803 bits per heavy atom. The highest BCUT2D eigenvalue weighted by Crippen LogP contribution is 2.30. The molecule has 45 heteroatoms. The number of alkyl carbamates (subject to hydrolysis) is 3. The predicted molar refractivity (Wildman–Crippen MR) is 439 cm³/mol. The SMILES string of the molecule is CC(C)(C)OC(=O)NCC(=O)N[C@@H](CC(=O)O)C(=O)O.CCCCCCCCCCCCCCCCCCC(CC(=O)O)C(=O)O.C[C@H](NC(=O)OCc1ccccc1)C(=O)N[C@@H](CC(=O)O)C(=O)O.O=C(O)C(O)(O)C(=O)O.O=C(O)C1CCCC(C(=O)O)C1.O=C(O)CC[C@H](NC(=O)OCc1ccccc1)C(=O)NCC(=O)O.O=C(O)[C@H]1CC=CC[C@H]1C(=O)O. The minimum absolute atomic E-state index is 0.0117. The Balaban J connectivity index is -0.00000145. The molecule has 4 rings (SSSR count). The summed E-state index contributed by atoms with van der Waals surface area (Å²) in [5, 5.41) is 148.